The van der Waals surface area contributed by atoms with E-state index < -0.39 is 0 Å². The van der Waals surface area contributed by atoms with Crippen molar-refractivity contribution in [3.63, 3.8) is 0 Å². The molecule has 2 heterocycles. The first-order chi connectivity index (χ1) is 11.2. The van der Waals surface area contributed by atoms with Crippen LogP contribution in [0.1, 0.15) is 17.0 Å². The first kappa shape index (κ1) is 14.5. The molecule has 2 aromatic heterocycles. The molecule has 1 aromatic carbocycles. The van der Waals surface area contributed by atoms with Gasteiger partial charge in [0.05, 0.1) is 12.2 Å². The summed E-state index contributed by atoms with van der Waals surface area (Å²) in [5.74, 6) is 0.756. The largest absolute Gasteiger partial charge is 0.497 e. The smallest absolute Gasteiger partial charge is 0.326 e. The van der Waals surface area contributed by atoms with Gasteiger partial charge < -0.3 is 4.74 Å². The Bertz CT molecular complexity index is 946. The lowest BCUT2D eigenvalue weighted by molar-refractivity contribution is -0.605. The van der Waals surface area contributed by atoms with Gasteiger partial charge in [-0.15, -0.1) is 4.52 Å². The lowest BCUT2D eigenvalue weighted by Gasteiger charge is -2.04. The van der Waals surface area contributed by atoms with E-state index in [1.807, 2.05) is 40.9 Å². The minimum Gasteiger partial charge on any atom is -0.497 e. The van der Waals surface area contributed by atoms with E-state index in [4.69, 9.17) is 4.74 Å². The summed E-state index contributed by atoms with van der Waals surface area (Å²) < 4.78 is 7.03. The molecule has 0 amide bonds. The summed E-state index contributed by atoms with van der Waals surface area (Å²) in [5, 5.41) is 13.8. The summed E-state index contributed by atoms with van der Waals surface area (Å²) in [7, 11) is 1.62. The highest BCUT2D eigenvalue weighted by Gasteiger charge is 2.24. The molecule has 0 aliphatic carbocycles. The highest BCUT2D eigenvalue weighted by molar-refractivity contribution is 5.62. The van der Waals surface area contributed by atoms with Crippen molar-refractivity contribution in [1.29, 1.82) is 5.26 Å². The standard InChI is InChI=1S/C18H15N4O/c1-4-13-6-11-18-16(12-19)20-22(21(18)17(13)5-2)14-7-9-15(23-3)10-8-14/h4-11H,1-2H2,3H3/q+1. The summed E-state index contributed by atoms with van der Waals surface area (Å²) in [4.78, 5) is 1.68. The number of fused-ring (bicyclic) bond motifs is 1. The number of hydrogen-bond donors (Lipinski definition) is 0. The van der Waals surface area contributed by atoms with Crippen molar-refractivity contribution < 1.29 is 9.25 Å². The van der Waals surface area contributed by atoms with Gasteiger partial charge in [0, 0.05) is 5.56 Å². The molecule has 112 valence electrons. The quantitative estimate of drug-likeness (QED) is 0.696. The van der Waals surface area contributed by atoms with Gasteiger partial charge in [-0.3, -0.25) is 0 Å². The van der Waals surface area contributed by atoms with Crippen LogP contribution in [0, 0.1) is 11.3 Å². The number of aromatic nitrogens is 3. The number of methoxy groups -OCH3 is 1. The van der Waals surface area contributed by atoms with Gasteiger partial charge in [-0.25, -0.2) is 0 Å². The molecule has 0 aliphatic rings. The maximum atomic E-state index is 9.36. The monoisotopic (exact) mass is 303 g/mol. The van der Waals surface area contributed by atoms with Crippen molar-refractivity contribution in [2.24, 2.45) is 0 Å². The molecule has 3 rings (SSSR count). The van der Waals surface area contributed by atoms with Gasteiger partial charge in [-0.2, -0.15) is 5.26 Å². The van der Waals surface area contributed by atoms with Gasteiger partial charge in [0.2, 0.25) is 5.52 Å². The van der Waals surface area contributed by atoms with Crippen LogP contribution in [0.2, 0.25) is 0 Å². The molecule has 23 heavy (non-hydrogen) atoms. The molecule has 0 radical (unpaired) electrons. The maximum absolute atomic E-state index is 9.36. The Morgan fingerprint density at radius 1 is 1.17 bits per heavy atom. The Labute approximate surface area is 134 Å². The van der Waals surface area contributed by atoms with Crippen LogP contribution in [0.15, 0.2) is 49.6 Å². The summed E-state index contributed by atoms with van der Waals surface area (Å²) in [6.45, 7) is 7.70. The molecule has 0 fully saturated rings. The van der Waals surface area contributed by atoms with Crippen LogP contribution < -0.4 is 9.25 Å². The molecule has 0 saturated heterocycles. The lowest BCUT2D eigenvalue weighted by Crippen LogP contribution is -2.36. The molecule has 0 unspecified atom stereocenters. The molecule has 5 nitrogen and oxygen atoms in total. The molecular weight excluding hydrogens is 288 g/mol. The number of ether oxygens (including phenoxy) is 1. The highest BCUT2D eigenvalue weighted by Crippen LogP contribution is 2.17. The van der Waals surface area contributed by atoms with Gasteiger partial charge in [-0.1, -0.05) is 19.2 Å². The van der Waals surface area contributed by atoms with E-state index >= 15 is 0 Å². The van der Waals surface area contributed by atoms with E-state index in [0.717, 1.165) is 22.7 Å². The molecule has 0 N–H and O–H groups in total. The molecule has 3 aromatic rings. The Morgan fingerprint density at radius 2 is 1.91 bits per heavy atom. The van der Waals surface area contributed by atoms with Gasteiger partial charge in [0.1, 0.15) is 11.4 Å². The average Bonchev–Trinajstić information content (AvgIpc) is 2.99. The minimum absolute atomic E-state index is 0.347. The van der Waals surface area contributed by atoms with E-state index in [0.29, 0.717) is 11.2 Å². The third-order valence-corrected chi connectivity index (χ3v) is 3.62. The normalized spacial score (nSPS) is 10.3. The van der Waals surface area contributed by atoms with Crippen molar-refractivity contribution >= 4 is 17.7 Å². The first-order valence-corrected chi connectivity index (χ1v) is 7.01. The Hall–Kier alpha value is -3.39. The average molecular weight is 303 g/mol. The highest BCUT2D eigenvalue weighted by atomic mass is 16.5. The molecule has 0 bridgehead atoms. The second kappa shape index (κ2) is 5.78. The number of benzene rings is 1. The second-order valence-corrected chi connectivity index (χ2v) is 4.83. The Kier molecular flexibility index (Phi) is 3.65. The molecule has 0 aliphatic heterocycles. The number of rotatable bonds is 4. The van der Waals surface area contributed by atoms with Crippen LogP contribution in [-0.4, -0.2) is 17.0 Å². The van der Waals surface area contributed by atoms with E-state index in [2.05, 4.69) is 24.3 Å². The lowest BCUT2D eigenvalue weighted by atomic mass is 10.1. The maximum Gasteiger partial charge on any atom is 0.326 e. The van der Waals surface area contributed by atoms with Crippen molar-refractivity contribution in [3.8, 4) is 17.5 Å². The zero-order valence-electron chi connectivity index (χ0n) is 12.7. The zero-order valence-corrected chi connectivity index (χ0v) is 12.7. The predicted octanol–water partition coefficient (Wildman–Crippen LogP) is 2.78. The van der Waals surface area contributed by atoms with E-state index in [9.17, 15) is 5.26 Å². The summed E-state index contributed by atoms with van der Waals surface area (Å²) in [5.41, 5.74) is 3.61. The van der Waals surface area contributed by atoms with E-state index in [-0.39, 0.29) is 0 Å². The molecule has 0 atom stereocenters. The molecule has 0 saturated carbocycles. The van der Waals surface area contributed by atoms with Crippen molar-refractivity contribution in [1.82, 2.24) is 9.90 Å². The number of pyridine rings is 1. The van der Waals surface area contributed by atoms with Gasteiger partial charge >= 0.3 is 5.69 Å². The van der Waals surface area contributed by atoms with Crippen LogP contribution in [-0.2, 0) is 0 Å². The van der Waals surface area contributed by atoms with Crippen LogP contribution in [0.4, 0.5) is 0 Å². The van der Waals surface area contributed by atoms with Crippen LogP contribution in [0.3, 0.4) is 0 Å². The van der Waals surface area contributed by atoms with Gasteiger partial charge in [-0.05, 0) is 47.3 Å². The van der Waals surface area contributed by atoms with Gasteiger partial charge in [0.15, 0.2) is 11.8 Å². The van der Waals surface area contributed by atoms with E-state index in [1.165, 1.54) is 0 Å². The van der Waals surface area contributed by atoms with Crippen LogP contribution in [0.25, 0.3) is 23.4 Å². The minimum atomic E-state index is 0.347. The third-order valence-electron chi connectivity index (χ3n) is 3.62. The number of hydrogen-bond acceptors (Lipinski definition) is 3. The van der Waals surface area contributed by atoms with Gasteiger partial charge in [0.25, 0.3) is 0 Å². The summed E-state index contributed by atoms with van der Waals surface area (Å²) in [6.07, 6.45) is 3.48. The predicted molar refractivity (Wildman–Crippen MR) is 88.2 cm³/mol. The SMILES string of the molecule is C=Cc1ccc2c(C#N)nn(-c3ccc(OC)cc3)[n+]2c1C=C. The zero-order chi connectivity index (χ0) is 16.4. The first-order valence-electron chi connectivity index (χ1n) is 7.01. The molecule has 0 spiro atoms. The summed E-state index contributed by atoms with van der Waals surface area (Å²) >= 11 is 0. The van der Waals surface area contributed by atoms with Crippen molar-refractivity contribution in [3.05, 3.63) is 66.5 Å². The topological polar surface area (TPSA) is 54.9 Å². The second-order valence-electron chi connectivity index (χ2n) is 4.83. The van der Waals surface area contributed by atoms with Crippen LogP contribution in [0.5, 0.6) is 5.75 Å². The number of nitriles is 1. The fraction of sp³-hybridized carbons (Fsp3) is 0.0556. The van der Waals surface area contributed by atoms with Crippen molar-refractivity contribution in [2.45, 2.75) is 0 Å². The van der Waals surface area contributed by atoms with E-state index in [1.54, 1.807) is 24.1 Å². The Balaban J connectivity index is 2.37. The molecular formula is C18H15N4O+. The van der Waals surface area contributed by atoms with Crippen molar-refractivity contribution in [2.75, 3.05) is 7.11 Å². The fourth-order valence-electron chi connectivity index (χ4n) is 2.50. The van der Waals surface area contributed by atoms with Crippen LogP contribution >= 0.6 is 0 Å². The summed E-state index contributed by atoms with van der Waals surface area (Å²) in [6, 6.07) is 13.4. The number of nitrogens with zero attached hydrogens (tertiary/aromatic N) is 4. The third kappa shape index (κ3) is 2.27. The molecule has 5 heteroatoms. The fourth-order valence-corrected chi connectivity index (χ4v) is 2.50. The Morgan fingerprint density at radius 3 is 2.48 bits per heavy atom.